The number of carbonyl (C=O) groups is 3. The van der Waals surface area contributed by atoms with Crippen LogP contribution < -0.4 is 5.32 Å². The molecule has 9 heteroatoms. The number of nitrogens with zero attached hydrogens (tertiary/aromatic N) is 3. The zero-order valence-electron chi connectivity index (χ0n) is 16.6. The summed E-state index contributed by atoms with van der Waals surface area (Å²) in [5, 5.41) is 6.95. The van der Waals surface area contributed by atoms with Crippen LogP contribution in [0.25, 0.3) is 0 Å². The van der Waals surface area contributed by atoms with Crippen LogP contribution in [-0.2, 0) is 27.9 Å². The first kappa shape index (κ1) is 21.1. The van der Waals surface area contributed by atoms with E-state index in [-0.39, 0.29) is 29.3 Å². The summed E-state index contributed by atoms with van der Waals surface area (Å²) in [4.78, 5) is 38.0. The van der Waals surface area contributed by atoms with Gasteiger partial charge in [0.1, 0.15) is 0 Å². The highest BCUT2D eigenvalue weighted by atomic mass is 16.5. The van der Waals surface area contributed by atoms with Crippen molar-refractivity contribution in [2.45, 2.75) is 13.5 Å². The molecule has 0 saturated carbocycles. The van der Waals surface area contributed by atoms with E-state index in [1.54, 1.807) is 11.7 Å². The molecule has 0 saturated heterocycles. The number of aryl methyl sites for hydroxylation is 2. The zero-order chi connectivity index (χ0) is 20.8. The molecule has 0 spiro atoms. The third-order valence-electron chi connectivity index (χ3n) is 4.09. The first-order valence-corrected chi connectivity index (χ1v) is 8.53. The highest BCUT2D eigenvalue weighted by molar-refractivity contribution is 6.03. The number of rotatable bonds is 7. The van der Waals surface area contributed by atoms with Crippen LogP contribution in [0.1, 0.15) is 32.0 Å². The SMILES string of the molecule is COC(=O)c1ccc(C(=O)OC)c(NC(=O)CN(C)Cc2cn(C)nc2C)c1. The predicted octanol–water partition coefficient (Wildman–Crippen LogP) is 1.37. The van der Waals surface area contributed by atoms with Gasteiger partial charge in [0, 0.05) is 25.4 Å². The number of amides is 1. The summed E-state index contributed by atoms with van der Waals surface area (Å²) in [7, 11) is 6.14. The highest BCUT2D eigenvalue weighted by Crippen LogP contribution is 2.20. The molecule has 1 N–H and O–H groups in total. The molecule has 2 rings (SSSR count). The molecule has 0 atom stereocenters. The molecule has 0 aliphatic carbocycles. The zero-order valence-corrected chi connectivity index (χ0v) is 16.6. The average Bonchev–Trinajstić information content (AvgIpc) is 2.96. The van der Waals surface area contributed by atoms with Gasteiger partial charge in [0.15, 0.2) is 0 Å². The minimum Gasteiger partial charge on any atom is -0.465 e. The molecule has 1 amide bonds. The number of aromatic nitrogens is 2. The minimum absolute atomic E-state index is 0.0808. The molecule has 28 heavy (non-hydrogen) atoms. The van der Waals surface area contributed by atoms with Crippen LogP contribution in [0.2, 0.25) is 0 Å². The van der Waals surface area contributed by atoms with Crippen molar-refractivity contribution in [3.05, 3.63) is 46.8 Å². The highest BCUT2D eigenvalue weighted by Gasteiger charge is 2.18. The van der Waals surface area contributed by atoms with Crippen molar-refractivity contribution in [2.24, 2.45) is 7.05 Å². The number of hydrogen-bond acceptors (Lipinski definition) is 7. The molecule has 1 aromatic heterocycles. The third kappa shape index (κ3) is 5.17. The molecule has 0 radical (unpaired) electrons. The van der Waals surface area contributed by atoms with Crippen molar-refractivity contribution in [1.29, 1.82) is 0 Å². The van der Waals surface area contributed by atoms with Crippen LogP contribution in [0.15, 0.2) is 24.4 Å². The van der Waals surface area contributed by atoms with E-state index in [4.69, 9.17) is 4.74 Å². The predicted molar refractivity (Wildman–Crippen MR) is 102 cm³/mol. The molecule has 0 aliphatic rings. The second-order valence-corrected chi connectivity index (χ2v) is 6.38. The summed E-state index contributed by atoms with van der Waals surface area (Å²) >= 11 is 0. The van der Waals surface area contributed by atoms with Gasteiger partial charge in [0.05, 0.1) is 43.3 Å². The molecule has 150 valence electrons. The summed E-state index contributed by atoms with van der Waals surface area (Å²) in [6, 6.07) is 4.24. The lowest BCUT2D eigenvalue weighted by Crippen LogP contribution is -2.30. The second-order valence-electron chi connectivity index (χ2n) is 6.38. The number of methoxy groups -OCH3 is 2. The van der Waals surface area contributed by atoms with Gasteiger partial charge in [-0.15, -0.1) is 0 Å². The number of benzene rings is 1. The molecule has 0 bridgehead atoms. The second kappa shape index (κ2) is 9.14. The average molecular weight is 388 g/mol. The largest absolute Gasteiger partial charge is 0.465 e. The van der Waals surface area contributed by atoms with E-state index in [9.17, 15) is 14.4 Å². The van der Waals surface area contributed by atoms with Crippen LogP contribution in [0.5, 0.6) is 0 Å². The molecule has 1 heterocycles. The topological polar surface area (TPSA) is 103 Å². The van der Waals surface area contributed by atoms with Gasteiger partial charge < -0.3 is 14.8 Å². The quantitative estimate of drug-likeness (QED) is 0.715. The lowest BCUT2D eigenvalue weighted by Gasteiger charge is -2.17. The Morgan fingerprint density at radius 3 is 2.43 bits per heavy atom. The molecular weight excluding hydrogens is 364 g/mol. The number of hydrogen-bond donors (Lipinski definition) is 1. The van der Waals surface area contributed by atoms with Crippen molar-refractivity contribution in [3.63, 3.8) is 0 Å². The van der Waals surface area contributed by atoms with Crippen LogP contribution >= 0.6 is 0 Å². The molecule has 0 fully saturated rings. The van der Waals surface area contributed by atoms with Gasteiger partial charge in [0.2, 0.25) is 5.91 Å². The summed E-state index contributed by atoms with van der Waals surface area (Å²) < 4.78 is 11.1. The Balaban J connectivity index is 2.13. The molecule has 0 aliphatic heterocycles. The molecule has 9 nitrogen and oxygen atoms in total. The van der Waals surface area contributed by atoms with Gasteiger partial charge in [-0.05, 0) is 32.2 Å². The van der Waals surface area contributed by atoms with Gasteiger partial charge in [-0.2, -0.15) is 5.10 Å². The number of nitrogens with one attached hydrogen (secondary N) is 1. The molecule has 0 unspecified atom stereocenters. The first-order chi connectivity index (χ1) is 13.2. The summed E-state index contributed by atoms with van der Waals surface area (Å²) in [5.41, 5.74) is 2.46. The van der Waals surface area contributed by atoms with Crippen LogP contribution in [0, 0.1) is 6.92 Å². The van der Waals surface area contributed by atoms with Crippen LogP contribution in [0.3, 0.4) is 0 Å². The van der Waals surface area contributed by atoms with Crippen molar-refractivity contribution in [1.82, 2.24) is 14.7 Å². The van der Waals surface area contributed by atoms with Crippen molar-refractivity contribution in [2.75, 3.05) is 33.1 Å². The number of carbonyl (C=O) groups excluding carboxylic acids is 3. The van der Waals surface area contributed by atoms with Crippen molar-refractivity contribution >= 4 is 23.5 Å². The van der Waals surface area contributed by atoms with Gasteiger partial charge in [-0.25, -0.2) is 9.59 Å². The van der Waals surface area contributed by atoms with Crippen molar-refractivity contribution < 1.29 is 23.9 Å². The van der Waals surface area contributed by atoms with E-state index in [1.165, 1.54) is 32.4 Å². The Kier molecular flexibility index (Phi) is 6.89. The summed E-state index contributed by atoms with van der Waals surface area (Å²) in [6.07, 6.45) is 1.90. The Bertz CT molecular complexity index is 890. The first-order valence-electron chi connectivity index (χ1n) is 8.53. The fourth-order valence-corrected chi connectivity index (χ4v) is 2.77. The number of likely N-dealkylation sites (N-methyl/N-ethyl adjacent to an activating group) is 1. The van der Waals surface area contributed by atoms with E-state index >= 15 is 0 Å². The lowest BCUT2D eigenvalue weighted by atomic mass is 10.1. The van der Waals surface area contributed by atoms with E-state index in [1.807, 2.05) is 25.1 Å². The molecule has 2 aromatic rings. The maximum atomic E-state index is 12.5. The van der Waals surface area contributed by atoms with E-state index in [0.717, 1.165) is 11.3 Å². The normalized spacial score (nSPS) is 10.6. The number of esters is 2. The molecule has 1 aromatic carbocycles. The maximum Gasteiger partial charge on any atom is 0.339 e. The minimum atomic E-state index is -0.619. The van der Waals surface area contributed by atoms with Gasteiger partial charge >= 0.3 is 11.9 Å². The van der Waals surface area contributed by atoms with Gasteiger partial charge in [-0.3, -0.25) is 14.4 Å². The van der Waals surface area contributed by atoms with Crippen LogP contribution in [-0.4, -0.2) is 60.3 Å². The standard InChI is InChI=1S/C19H24N4O5/c1-12-14(10-23(3)21-12)9-22(2)11-17(24)20-16-8-13(18(25)27-4)6-7-15(16)19(26)28-5/h6-8,10H,9,11H2,1-5H3,(H,20,24). The number of anilines is 1. The fraction of sp³-hybridized carbons (Fsp3) is 0.368. The Morgan fingerprint density at radius 1 is 1.18 bits per heavy atom. The van der Waals surface area contributed by atoms with Gasteiger partial charge in [-0.1, -0.05) is 0 Å². The monoisotopic (exact) mass is 388 g/mol. The Morgan fingerprint density at radius 2 is 1.86 bits per heavy atom. The summed E-state index contributed by atoms with van der Waals surface area (Å²) in [6.45, 7) is 2.53. The Labute approximate surface area is 163 Å². The fourth-order valence-electron chi connectivity index (χ4n) is 2.77. The lowest BCUT2D eigenvalue weighted by molar-refractivity contribution is -0.117. The van der Waals surface area contributed by atoms with Crippen molar-refractivity contribution in [3.8, 4) is 0 Å². The Hall–Kier alpha value is -3.20. The van der Waals surface area contributed by atoms with E-state index in [0.29, 0.717) is 6.54 Å². The maximum absolute atomic E-state index is 12.5. The molecular formula is C19H24N4O5. The third-order valence-corrected chi connectivity index (χ3v) is 4.09. The van der Waals surface area contributed by atoms with Gasteiger partial charge in [0.25, 0.3) is 0 Å². The smallest absolute Gasteiger partial charge is 0.339 e. The van der Waals surface area contributed by atoms with E-state index in [2.05, 4.69) is 15.2 Å². The van der Waals surface area contributed by atoms with Crippen LogP contribution in [0.4, 0.5) is 5.69 Å². The number of ether oxygens (including phenoxy) is 2. The van der Waals surface area contributed by atoms with E-state index < -0.39 is 11.9 Å². The summed E-state index contributed by atoms with van der Waals surface area (Å²) in [5.74, 6) is -1.53.